The van der Waals surface area contributed by atoms with Crippen LogP contribution in [0.15, 0.2) is 12.1 Å². The smallest absolute Gasteiger partial charge is 0.410 e. The number of carbonyl (C=O) groups excluding carboxylic acids is 1. The summed E-state index contributed by atoms with van der Waals surface area (Å²) in [5.74, 6) is 0.0391. The van der Waals surface area contributed by atoms with Gasteiger partial charge in [-0.25, -0.2) is 4.79 Å². The Labute approximate surface area is 128 Å². The van der Waals surface area contributed by atoms with Crippen LogP contribution >= 0.6 is 22.9 Å². The number of β-amino-alcohol motifs (C(OH)–C–C–N with tert-alkyl or cyclic N) is 1. The molecule has 1 N–H and O–H groups in total. The molecule has 0 unspecified atom stereocenters. The quantitative estimate of drug-likeness (QED) is 0.911. The number of nitrogens with zero attached hydrogens (tertiary/aromatic N) is 1. The van der Waals surface area contributed by atoms with Gasteiger partial charge < -0.3 is 14.7 Å². The fraction of sp³-hybridized carbons (Fsp3) is 0.643. The lowest BCUT2D eigenvalue weighted by Gasteiger charge is -2.24. The van der Waals surface area contributed by atoms with E-state index >= 15 is 0 Å². The predicted octanol–water partition coefficient (Wildman–Crippen LogP) is 3.17. The molecule has 4 nitrogen and oxygen atoms in total. The molecule has 2 rings (SSSR count). The number of thiophene rings is 1. The molecule has 1 aromatic rings. The number of carbonyl (C=O) groups is 1. The van der Waals surface area contributed by atoms with Gasteiger partial charge in [0.05, 0.1) is 17.0 Å². The van der Waals surface area contributed by atoms with Crippen molar-refractivity contribution in [1.29, 1.82) is 0 Å². The molecule has 0 aromatic carbocycles. The zero-order valence-corrected chi connectivity index (χ0v) is 13.5. The second-order valence-corrected chi connectivity index (χ2v) is 7.92. The van der Waals surface area contributed by atoms with Crippen LogP contribution in [-0.2, 0) is 11.2 Å². The predicted molar refractivity (Wildman–Crippen MR) is 80.3 cm³/mol. The van der Waals surface area contributed by atoms with Crippen molar-refractivity contribution in [3.63, 3.8) is 0 Å². The Morgan fingerprint density at radius 2 is 2.20 bits per heavy atom. The van der Waals surface area contributed by atoms with Crippen molar-refractivity contribution >= 4 is 29.0 Å². The molecular weight excluding hydrogens is 298 g/mol. The molecule has 1 aromatic heterocycles. The Balaban J connectivity index is 1.93. The number of aliphatic hydroxyl groups is 1. The van der Waals surface area contributed by atoms with Crippen molar-refractivity contribution in [1.82, 2.24) is 4.90 Å². The van der Waals surface area contributed by atoms with E-state index in [-0.39, 0.29) is 12.0 Å². The van der Waals surface area contributed by atoms with Crippen LogP contribution in [0.5, 0.6) is 0 Å². The van der Waals surface area contributed by atoms with E-state index in [1.165, 1.54) is 11.3 Å². The van der Waals surface area contributed by atoms with Gasteiger partial charge in [0.25, 0.3) is 0 Å². The highest BCUT2D eigenvalue weighted by atomic mass is 35.5. The summed E-state index contributed by atoms with van der Waals surface area (Å²) in [6.45, 7) is 6.36. The van der Waals surface area contributed by atoms with Gasteiger partial charge in [-0.15, -0.1) is 11.3 Å². The molecule has 112 valence electrons. The van der Waals surface area contributed by atoms with E-state index in [1.807, 2.05) is 32.9 Å². The molecule has 6 heteroatoms. The lowest BCUT2D eigenvalue weighted by molar-refractivity contribution is 0.0270. The number of rotatable bonds is 2. The molecule has 1 amide bonds. The molecule has 0 bridgehead atoms. The van der Waals surface area contributed by atoms with Crippen LogP contribution < -0.4 is 0 Å². The van der Waals surface area contributed by atoms with Crippen molar-refractivity contribution in [2.24, 2.45) is 5.92 Å². The van der Waals surface area contributed by atoms with Gasteiger partial charge in [0.15, 0.2) is 0 Å². The number of hydrogen-bond acceptors (Lipinski definition) is 4. The van der Waals surface area contributed by atoms with Crippen LogP contribution in [0.25, 0.3) is 0 Å². The van der Waals surface area contributed by atoms with Crippen LogP contribution in [0.4, 0.5) is 4.79 Å². The van der Waals surface area contributed by atoms with Gasteiger partial charge in [-0.2, -0.15) is 0 Å². The normalized spacial score (nSPS) is 23.1. The highest BCUT2D eigenvalue weighted by Crippen LogP contribution is 2.28. The molecule has 1 aliphatic rings. The Hall–Kier alpha value is -0.780. The van der Waals surface area contributed by atoms with E-state index in [0.717, 1.165) is 15.6 Å². The van der Waals surface area contributed by atoms with Crippen molar-refractivity contribution in [2.75, 3.05) is 13.1 Å². The molecule has 20 heavy (non-hydrogen) atoms. The lowest BCUT2D eigenvalue weighted by atomic mass is 10.0. The molecule has 1 aliphatic heterocycles. The number of likely N-dealkylation sites (tertiary alicyclic amines) is 1. The fourth-order valence-corrected chi connectivity index (χ4v) is 3.43. The summed E-state index contributed by atoms with van der Waals surface area (Å²) in [6, 6.07) is 3.82. The summed E-state index contributed by atoms with van der Waals surface area (Å²) in [6.07, 6.45) is -0.135. The van der Waals surface area contributed by atoms with Crippen molar-refractivity contribution in [3.05, 3.63) is 21.3 Å². The minimum Gasteiger partial charge on any atom is -0.444 e. The first-order chi connectivity index (χ1) is 9.24. The Kier molecular flexibility index (Phi) is 4.62. The van der Waals surface area contributed by atoms with E-state index in [2.05, 4.69) is 0 Å². The van der Waals surface area contributed by atoms with Crippen LogP contribution in [0.3, 0.4) is 0 Å². The first-order valence-electron chi connectivity index (χ1n) is 6.65. The summed E-state index contributed by atoms with van der Waals surface area (Å²) in [5, 5.41) is 10.1. The number of aliphatic hydroxyl groups excluding tert-OH is 1. The minimum atomic E-state index is -0.513. The first kappa shape index (κ1) is 15.6. The van der Waals surface area contributed by atoms with E-state index < -0.39 is 11.7 Å². The van der Waals surface area contributed by atoms with Gasteiger partial charge in [0, 0.05) is 17.3 Å². The van der Waals surface area contributed by atoms with E-state index in [9.17, 15) is 9.90 Å². The summed E-state index contributed by atoms with van der Waals surface area (Å²) in [4.78, 5) is 14.7. The van der Waals surface area contributed by atoms with Crippen molar-refractivity contribution in [3.8, 4) is 0 Å². The maximum absolute atomic E-state index is 12.0. The monoisotopic (exact) mass is 317 g/mol. The average Bonchev–Trinajstić information content (AvgIpc) is 2.85. The number of amides is 1. The number of hydrogen-bond donors (Lipinski definition) is 1. The second kappa shape index (κ2) is 5.92. The molecule has 2 heterocycles. The lowest BCUT2D eigenvalue weighted by Crippen LogP contribution is -2.35. The highest BCUT2D eigenvalue weighted by molar-refractivity contribution is 7.16. The molecule has 2 atom stereocenters. The average molecular weight is 318 g/mol. The SMILES string of the molecule is CC(C)(C)OC(=O)N1C[C@@H](Cc2ccc(Cl)s2)[C@H](O)C1. The van der Waals surface area contributed by atoms with Crippen LogP contribution in [0.1, 0.15) is 25.6 Å². The maximum atomic E-state index is 12.0. The van der Waals surface area contributed by atoms with Crippen LogP contribution in [0.2, 0.25) is 4.34 Å². The number of halogens is 1. The van der Waals surface area contributed by atoms with E-state index in [1.54, 1.807) is 4.90 Å². The minimum absolute atomic E-state index is 0.0391. The van der Waals surface area contributed by atoms with E-state index in [0.29, 0.717) is 13.1 Å². The van der Waals surface area contributed by atoms with Gasteiger partial charge in [-0.05, 0) is 39.3 Å². The summed E-state index contributed by atoms with van der Waals surface area (Å²) < 4.78 is 6.08. The molecule has 0 aliphatic carbocycles. The molecule has 0 spiro atoms. The molecule has 1 fully saturated rings. The standard InChI is InChI=1S/C14H20ClNO3S/c1-14(2,3)19-13(18)16-7-9(11(17)8-16)6-10-4-5-12(15)20-10/h4-5,9,11,17H,6-8H2,1-3H3/t9-,11-/m1/s1. The molecular formula is C14H20ClNO3S. The Morgan fingerprint density at radius 1 is 1.50 bits per heavy atom. The summed E-state index contributed by atoms with van der Waals surface area (Å²) in [5.41, 5.74) is -0.513. The van der Waals surface area contributed by atoms with Crippen LogP contribution in [0, 0.1) is 5.92 Å². The molecule has 1 saturated heterocycles. The van der Waals surface area contributed by atoms with Gasteiger partial charge in [-0.3, -0.25) is 0 Å². The van der Waals surface area contributed by atoms with Crippen molar-refractivity contribution < 1.29 is 14.6 Å². The third-order valence-corrected chi connectivity index (χ3v) is 4.40. The van der Waals surface area contributed by atoms with Gasteiger partial charge in [0.1, 0.15) is 5.60 Å². The molecule has 0 radical (unpaired) electrons. The summed E-state index contributed by atoms with van der Waals surface area (Å²) >= 11 is 7.42. The fourth-order valence-electron chi connectivity index (χ4n) is 2.25. The third-order valence-electron chi connectivity index (χ3n) is 3.15. The maximum Gasteiger partial charge on any atom is 0.410 e. The zero-order chi connectivity index (χ0) is 14.9. The van der Waals surface area contributed by atoms with Gasteiger partial charge >= 0.3 is 6.09 Å². The Bertz CT molecular complexity index is 483. The highest BCUT2D eigenvalue weighted by Gasteiger charge is 2.36. The second-order valence-electron chi connectivity index (χ2n) is 6.12. The topological polar surface area (TPSA) is 49.8 Å². The van der Waals surface area contributed by atoms with E-state index in [4.69, 9.17) is 16.3 Å². The zero-order valence-electron chi connectivity index (χ0n) is 11.9. The largest absolute Gasteiger partial charge is 0.444 e. The van der Waals surface area contributed by atoms with Crippen LogP contribution in [-0.4, -0.2) is 40.9 Å². The first-order valence-corrected chi connectivity index (χ1v) is 7.84. The molecule has 0 saturated carbocycles. The third kappa shape index (κ3) is 4.11. The Morgan fingerprint density at radius 3 is 2.75 bits per heavy atom. The summed E-state index contributed by atoms with van der Waals surface area (Å²) in [7, 11) is 0. The number of ether oxygens (including phenoxy) is 1. The van der Waals surface area contributed by atoms with Gasteiger partial charge in [0.2, 0.25) is 0 Å². The van der Waals surface area contributed by atoms with Crippen molar-refractivity contribution in [2.45, 2.75) is 38.9 Å². The van der Waals surface area contributed by atoms with Gasteiger partial charge in [-0.1, -0.05) is 11.6 Å².